The van der Waals surface area contributed by atoms with E-state index >= 15 is 0 Å². The third-order valence-electron chi connectivity index (χ3n) is 3.48. The molecule has 0 aliphatic rings. The van der Waals surface area contributed by atoms with Crippen LogP contribution in [-0.4, -0.2) is 17.1 Å². The molecule has 0 radical (unpaired) electrons. The Kier molecular flexibility index (Phi) is 5.11. The molecule has 0 saturated heterocycles. The monoisotopic (exact) mass is 357 g/mol. The lowest BCUT2D eigenvalue weighted by Crippen LogP contribution is -2.09. The van der Waals surface area contributed by atoms with Crippen molar-refractivity contribution in [2.45, 2.75) is 33.3 Å². The number of thiophene rings is 1. The van der Waals surface area contributed by atoms with Crippen LogP contribution in [0.4, 0.5) is 0 Å². The molecule has 5 heteroatoms. The first-order valence-electron chi connectivity index (χ1n) is 7.93. The summed E-state index contributed by atoms with van der Waals surface area (Å²) in [6.45, 7) is 5.82. The minimum Gasteiger partial charge on any atom is -0.459 e. The highest BCUT2D eigenvalue weighted by molar-refractivity contribution is 7.16. The lowest BCUT2D eigenvalue weighted by molar-refractivity contribution is 0.0384. The molecule has 1 aromatic carbocycles. The van der Waals surface area contributed by atoms with E-state index < -0.39 is 0 Å². The van der Waals surface area contributed by atoms with Crippen LogP contribution >= 0.6 is 22.7 Å². The summed E-state index contributed by atoms with van der Waals surface area (Å²) < 4.78 is 5.31. The highest BCUT2D eigenvalue weighted by Crippen LogP contribution is 2.36. The van der Waals surface area contributed by atoms with E-state index in [9.17, 15) is 4.79 Å². The molecule has 0 amide bonds. The second-order valence-corrected chi connectivity index (χ2v) is 7.65. The molecule has 0 spiro atoms. The maximum absolute atomic E-state index is 12.2. The van der Waals surface area contributed by atoms with Crippen molar-refractivity contribution in [1.29, 1.82) is 0 Å². The Balaban J connectivity index is 1.93. The Morgan fingerprint density at radius 1 is 1.25 bits per heavy atom. The fraction of sp³-hybridized carbons (Fsp3) is 0.263. The lowest BCUT2D eigenvalue weighted by Gasteiger charge is -2.05. The van der Waals surface area contributed by atoms with E-state index in [4.69, 9.17) is 9.72 Å². The number of benzene rings is 1. The summed E-state index contributed by atoms with van der Waals surface area (Å²) in [6.07, 6.45) is 0.757. The largest absolute Gasteiger partial charge is 0.459 e. The van der Waals surface area contributed by atoms with E-state index in [1.807, 2.05) is 38.1 Å². The Hall–Kier alpha value is -1.98. The normalized spacial score (nSPS) is 11.0. The predicted octanol–water partition coefficient (Wildman–Crippen LogP) is 5.67. The quantitative estimate of drug-likeness (QED) is 0.553. The second-order valence-electron chi connectivity index (χ2n) is 5.66. The van der Waals surface area contributed by atoms with Gasteiger partial charge in [-0.1, -0.05) is 37.3 Å². The van der Waals surface area contributed by atoms with Crippen LogP contribution in [0.3, 0.4) is 0 Å². The first-order chi connectivity index (χ1) is 11.6. The molecule has 0 aliphatic carbocycles. The Labute approximate surface area is 150 Å². The minimum atomic E-state index is -0.254. The van der Waals surface area contributed by atoms with Gasteiger partial charge in [0.1, 0.15) is 9.88 Å². The van der Waals surface area contributed by atoms with Crippen molar-refractivity contribution in [2.75, 3.05) is 0 Å². The summed E-state index contributed by atoms with van der Waals surface area (Å²) in [6, 6.07) is 12.0. The third kappa shape index (κ3) is 3.57. The van der Waals surface area contributed by atoms with Crippen LogP contribution in [0.5, 0.6) is 0 Å². The van der Waals surface area contributed by atoms with Gasteiger partial charge in [0.15, 0.2) is 0 Å². The number of nitrogens with zero attached hydrogens (tertiary/aromatic N) is 1. The molecule has 0 atom stereocenters. The van der Waals surface area contributed by atoms with Gasteiger partial charge in [0, 0.05) is 21.4 Å². The zero-order valence-corrected chi connectivity index (χ0v) is 15.5. The van der Waals surface area contributed by atoms with Crippen molar-refractivity contribution in [3.8, 4) is 21.8 Å². The van der Waals surface area contributed by atoms with Crippen molar-refractivity contribution in [2.24, 2.45) is 0 Å². The molecule has 3 nitrogen and oxygen atoms in total. The fourth-order valence-corrected chi connectivity index (χ4v) is 4.30. The van der Waals surface area contributed by atoms with E-state index in [-0.39, 0.29) is 12.1 Å². The van der Waals surface area contributed by atoms with Crippen molar-refractivity contribution in [1.82, 2.24) is 4.98 Å². The van der Waals surface area contributed by atoms with E-state index in [1.54, 1.807) is 11.3 Å². The molecule has 3 rings (SSSR count). The molecule has 3 aromatic rings. The Morgan fingerprint density at radius 2 is 2.00 bits per heavy atom. The lowest BCUT2D eigenvalue weighted by atomic mass is 10.2. The number of carbonyl (C=O) groups is 1. The number of hydrogen-bond acceptors (Lipinski definition) is 5. The molecule has 0 unspecified atom stereocenters. The Morgan fingerprint density at radius 3 is 2.67 bits per heavy atom. The van der Waals surface area contributed by atoms with Crippen LogP contribution in [0.1, 0.15) is 35.3 Å². The summed E-state index contributed by atoms with van der Waals surface area (Å²) in [5, 5.41) is 3.01. The standard InChI is InChI=1S/C19H19NO2S2/c1-4-16-14(10-17(24-16)19(21)22-12(2)3)18-20-15(11-23-18)13-8-6-5-7-9-13/h5-12H,4H2,1-3H3. The number of hydrogen-bond donors (Lipinski definition) is 0. The van der Waals surface area contributed by atoms with Crippen LogP contribution < -0.4 is 0 Å². The highest BCUT2D eigenvalue weighted by Gasteiger charge is 2.19. The number of carbonyl (C=O) groups excluding carboxylic acids is 1. The SMILES string of the molecule is CCc1sc(C(=O)OC(C)C)cc1-c1nc(-c2ccccc2)cs1. The van der Waals surface area contributed by atoms with E-state index in [1.165, 1.54) is 16.2 Å². The zero-order valence-electron chi connectivity index (χ0n) is 13.9. The topological polar surface area (TPSA) is 39.2 Å². The van der Waals surface area contributed by atoms with Crippen LogP contribution in [-0.2, 0) is 11.2 Å². The van der Waals surface area contributed by atoms with Gasteiger partial charge in [-0.05, 0) is 26.3 Å². The molecule has 2 aromatic heterocycles. The van der Waals surface area contributed by atoms with Gasteiger partial charge in [-0.15, -0.1) is 22.7 Å². The molecule has 0 saturated carbocycles. The van der Waals surface area contributed by atoms with Gasteiger partial charge in [0.05, 0.1) is 11.8 Å². The van der Waals surface area contributed by atoms with Gasteiger partial charge in [-0.25, -0.2) is 9.78 Å². The van der Waals surface area contributed by atoms with Crippen molar-refractivity contribution in [3.05, 3.63) is 51.5 Å². The first kappa shape index (κ1) is 16.9. The van der Waals surface area contributed by atoms with Crippen molar-refractivity contribution < 1.29 is 9.53 Å². The second kappa shape index (κ2) is 7.28. The number of ether oxygens (including phenoxy) is 1. The smallest absolute Gasteiger partial charge is 0.348 e. The average molecular weight is 358 g/mol. The number of rotatable bonds is 5. The van der Waals surface area contributed by atoms with Gasteiger partial charge < -0.3 is 4.74 Å². The molecule has 0 bridgehead atoms. The summed E-state index contributed by atoms with van der Waals surface area (Å²) in [4.78, 5) is 18.7. The van der Waals surface area contributed by atoms with Gasteiger partial charge in [-0.2, -0.15) is 0 Å². The number of aryl methyl sites for hydroxylation is 1. The predicted molar refractivity (Wildman–Crippen MR) is 101 cm³/mol. The fourth-order valence-electron chi connectivity index (χ4n) is 2.38. The molecular formula is C19H19NO2S2. The first-order valence-corrected chi connectivity index (χ1v) is 9.63. The minimum absolute atomic E-state index is 0.113. The third-order valence-corrected chi connectivity index (χ3v) is 5.61. The van der Waals surface area contributed by atoms with E-state index in [0.717, 1.165) is 28.2 Å². The molecular weight excluding hydrogens is 338 g/mol. The van der Waals surface area contributed by atoms with Crippen molar-refractivity contribution in [3.63, 3.8) is 0 Å². The van der Waals surface area contributed by atoms with Crippen LogP contribution in [0.2, 0.25) is 0 Å². The van der Waals surface area contributed by atoms with Gasteiger partial charge >= 0.3 is 5.97 Å². The number of aromatic nitrogens is 1. The molecule has 124 valence electrons. The molecule has 24 heavy (non-hydrogen) atoms. The van der Waals surface area contributed by atoms with E-state index in [2.05, 4.69) is 24.4 Å². The molecule has 2 heterocycles. The van der Waals surface area contributed by atoms with Gasteiger partial charge in [0.2, 0.25) is 0 Å². The number of esters is 1. The summed E-state index contributed by atoms with van der Waals surface area (Å²) in [7, 11) is 0. The van der Waals surface area contributed by atoms with Gasteiger partial charge in [-0.3, -0.25) is 0 Å². The molecule has 0 aliphatic heterocycles. The summed E-state index contributed by atoms with van der Waals surface area (Å²) >= 11 is 3.11. The van der Waals surface area contributed by atoms with Crippen molar-refractivity contribution >= 4 is 28.6 Å². The summed E-state index contributed by atoms with van der Waals surface area (Å²) in [5.41, 5.74) is 3.12. The Bertz CT molecular complexity index is 834. The van der Waals surface area contributed by atoms with E-state index in [0.29, 0.717) is 4.88 Å². The molecule has 0 fully saturated rings. The van der Waals surface area contributed by atoms with Crippen LogP contribution in [0.15, 0.2) is 41.8 Å². The average Bonchev–Trinajstić information content (AvgIpc) is 3.21. The van der Waals surface area contributed by atoms with Crippen LogP contribution in [0.25, 0.3) is 21.8 Å². The van der Waals surface area contributed by atoms with Crippen LogP contribution in [0, 0.1) is 0 Å². The van der Waals surface area contributed by atoms with Gasteiger partial charge in [0.25, 0.3) is 0 Å². The molecule has 0 N–H and O–H groups in total. The highest BCUT2D eigenvalue weighted by atomic mass is 32.1. The zero-order chi connectivity index (χ0) is 17.1. The maximum atomic E-state index is 12.2. The maximum Gasteiger partial charge on any atom is 0.348 e. The number of thiazole rings is 1. The summed E-state index contributed by atoms with van der Waals surface area (Å²) in [5.74, 6) is -0.254.